The quantitative estimate of drug-likeness (QED) is 0.0716. The number of carbonyl (C=O) groups excluding carboxylic acids is 2. The van der Waals surface area contributed by atoms with Crippen molar-refractivity contribution in [2.24, 2.45) is 0 Å². The fourth-order valence-electron chi connectivity index (χ4n) is 3.89. The lowest BCUT2D eigenvalue weighted by molar-refractivity contribution is 0.0560. The molecular formula is C29H36F2O7. The molecule has 1 saturated heterocycles. The highest BCUT2D eigenvalue weighted by Crippen LogP contribution is 2.29. The fraction of sp³-hybridized carbons (Fsp3) is 0.517. The summed E-state index contributed by atoms with van der Waals surface area (Å²) in [6.07, 6.45) is 8.97. The van der Waals surface area contributed by atoms with Gasteiger partial charge in [0, 0.05) is 0 Å². The summed E-state index contributed by atoms with van der Waals surface area (Å²) in [5, 5.41) is 0. The summed E-state index contributed by atoms with van der Waals surface area (Å²) in [4.78, 5) is 24.2. The van der Waals surface area contributed by atoms with Crippen LogP contribution in [0.25, 0.3) is 0 Å². The SMILES string of the molecule is CCCCCCCCCCOc1ccc(C(=O)Oc2ccc(OC(=O)O[C@H]3O[C@@H]3CCC)cc2)c(F)c1F. The molecule has 1 aliphatic heterocycles. The van der Waals surface area contributed by atoms with Crippen molar-refractivity contribution in [2.75, 3.05) is 6.61 Å². The van der Waals surface area contributed by atoms with Gasteiger partial charge in [0.15, 0.2) is 11.6 Å². The zero-order chi connectivity index (χ0) is 27.3. The molecule has 7 nitrogen and oxygen atoms in total. The number of ether oxygens (including phenoxy) is 5. The van der Waals surface area contributed by atoms with Gasteiger partial charge in [0.1, 0.15) is 17.6 Å². The number of rotatable bonds is 16. The van der Waals surface area contributed by atoms with Gasteiger partial charge in [-0.3, -0.25) is 0 Å². The van der Waals surface area contributed by atoms with Gasteiger partial charge in [0.05, 0.1) is 12.2 Å². The van der Waals surface area contributed by atoms with Crippen LogP contribution in [0.15, 0.2) is 36.4 Å². The van der Waals surface area contributed by atoms with E-state index in [-0.39, 0.29) is 30.0 Å². The van der Waals surface area contributed by atoms with Gasteiger partial charge in [-0.05, 0) is 49.2 Å². The second-order valence-corrected chi connectivity index (χ2v) is 9.22. The smallest absolute Gasteiger partial charge is 0.490 e. The van der Waals surface area contributed by atoms with Gasteiger partial charge in [-0.25, -0.2) is 14.0 Å². The first-order chi connectivity index (χ1) is 18.4. The largest absolute Gasteiger partial charge is 0.516 e. The van der Waals surface area contributed by atoms with Crippen molar-refractivity contribution in [2.45, 2.75) is 90.4 Å². The van der Waals surface area contributed by atoms with E-state index >= 15 is 0 Å². The molecule has 38 heavy (non-hydrogen) atoms. The zero-order valence-corrected chi connectivity index (χ0v) is 22.0. The van der Waals surface area contributed by atoms with E-state index in [0.717, 1.165) is 44.6 Å². The van der Waals surface area contributed by atoms with Gasteiger partial charge in [-0.15, -0.1) is 0 Å². The Kier molecular flexibility index (Phi) is 11.8. The summed E-state index contributed by atoms with van der Waals surface area (Å²) in [5.74, 6) is -3.68. The Bertz CT molecular complexity index is 1040. The number of benzene rings is 2. The Balaban J connectivity index is 1.42. The first-order valence-electron chi connectivity index (χ1n) is 13.4. The molecule has 0 saturated carbocycles. The molecule has 2 aromatic rings. The number of carbonyl (C=O) groups is 2. The minimum absolute atomic E-state index is 0.0547. The van der Waals surface area contributed by atoms with Crippen LogP contribution in [0, 0.1) is 11.6 Å². The van der Waals surface area contributed by atoms with Crippen LogP contribution in [0.4, 0.5) is 13.6 Å². The summed E-state index contributed by atoms with van der Waals surface area (Å²) in [5.41, 5.74) is -0.558. The van der Waals surface area contributed by atoms with Crippen LogP contribution in [-0.4, -0.2) is 31.1 Å². The topological polar surface area (TPSA) is 83.6 Å². The number of halogens is 2. The molecule has 9 heteroatoms. The van der Waals surface area contributed by atoms with Gasteiger partial charge in [0.2, 0.25) is 12.1 Å². The fourth-order valence-corrected chi connectivity index (χ4v) is 3.89. The molecule has 1 fully saturated rings. The molecular weight excluding hydrogens is 498 g/mol. The van der Waals surface area contributed by atoms with Gasteiger partial charge in [-0.2, -0.15) is 4.39 Å². The maximum atomic E-state index is 14.5. The Morgan fingerprint density at radius 2 is 1.42 bits per heavy atom. The van der Waals surface area contributed by atoms with Crippen molar-refractivity contribution in [3.8, 4) is 17.2 Å². The maximum absolute atomic E-state index is 14.5. The average molecular weight is 535 g/mol. The number of esters is 1. The van der Waals surface area contributed by atoms with Crippen LogP contribution < -0.4 is 14.2 Å². The molecule has 1 heterocycles. The van der Waals surface area contributed by atoms with E-state index in [1.54, 1.807) is 0 Å². The third-order valence-corrected chi connectivity index (χ3v) is 6.08. The van der Waals surface area contributed by atoms with E-state index in [1.807, 2.05) is 6.92 Å². The van der Waals surface area contributed by atoms with Crippen LogP contribution in [0.5, 0.6) is 17.2 Å². The third-order valence-electron chi connectivity index (χ3n) is 6.08. The lowest BCUT2D eigenvalue weighted by atomic mass is 10.1. The second-order valence-electron chi connectivity index (χ2n) is 9.22. The van der Waals surface area contributed by atoms with Crippen LogP contribution in [0.1, 0.15) is 88.4 Å². The molecule has 0 aromatic heterocycles. The third kappa shape index (κ3) is 9.28. The van der Waals surface area contributed by atoms with Crippen molar-refractivity contribution in [1.29, 1.82) is 0 Å². The van der Waals surface area contributed by atoms with Crippen molar-refractivity contribution in [1.82, 2.24) is 0 Å². The van der Waals surface area contributed by atoms with Gasteiger partial charge >= 0.3 is 12.1 Å². The van der Waals surface area contributed by atoms with E-state index < -0.39 is 35.6 Å². The molecule has 3 rings (SSSR count). The standard InChI is InChI=1S/C29H36F2O7/c1-3-5-6-7-8-9-10-11-19-34-23-18-17-22(25(30)26(23)31)27(32)35-20-13-15-21(16-14-20)36-29(33)38-28-24(37-28)12-4-2/h13-18,24,28H,3-12,19H2,1-2H3/t24-,28-/m1/s1. The van der Waals surface area contributed by atoms with Gasteiger partial charge in [0.25, 0.3) is 0 Å². The maximum Gasteiger partial charge on any atom is 0.516 e. The van der Waals surface area contributed by atoms with Crippen molar-refractivity contribution in [3.63, 3.8) is 0 Å². The number of hydrogen-bond donors (Lipinski definition) is 0. The molecule has 0 N–H and O–H groups in total. The van der Waals surface area contributed by atoms with E-state index in [0.29, 0.717) is 0 Å². The predicted molar refractivity (Wildman–Crippen MR) is 137 cm³/mol. The monoisotopic (exact) mass is 534 g/mol. The Hall–Kier alpha value is -3.20. The first kappa shape index (κ1) is 29.4. The average Bonchev–Trinajstić information content (AvgIpc) is 3.63. The number of hydrogen-bond acceptors (Lipinski definition) is 7. The number of unbranched alkanes of at least 4 members (excludes halogenated alkanes) is 7. The Morgan fingerprint density at radius 3 is 2.08 bits per heavy atom. The highest BCUT2D eigenvalue weighted by Gasteiger charge is 2.42. The number of epoxide rings is 1. The van der Waals surface area contributed by atoms with Crippen molar-refractivity contribution < 1.29 is 42.1 Å². The van der Waals surface area contributed by atoms with Crippen LogP contribution in [-0.2, 0) is 9.47 Å². The van der Waals surface area contributed by atoms with Crippen LogP contribution in [0.2, 0.25) is 0 Å². The van der Waals surface area contributed by atoms with E-state index in [2.05, 4.69) is 6.92 Å². The summed E-state index contributed by atoms with van der Waals surface area (Å²) >= 11 is 0. The predicted octanol–water partition coefficient (Wildman–Crippen LogP) is 7.74. The minimum atomic E-state index is -1.34. The second kappa shape index (κ2) is 15.3. The van der Waals surface area contributed by atoms with E-state index in [4.69, 9.17) is 23.7 Å². The Morgan fingerprint density at radius 1 is 0.789 bits per heavy atom. The van der Waals surface area contributed by atoms with Gasteiger partial charge < -0.3 is 23.7 Å². The summed E-state index contributed by atoms with van der Waals surface area (Å²) in [6, 6.07) is 7.80. The molecule has 1 aliphatic rings. The normalized spacial score (nSPS) is 16.1. The first-order valence-corrected chi connectivity index (χ1v) is 13.4. The molecule has 0 spiro atoms. The lowest BCUT2D eigenvalue weighted by Crippen LogP contribution is -2.14. The molecule has 208 valence electrons. The highest BCUT2D eigenvalue weighted by atomic mass is 19.2. The molecule has 0 bridgehead atoms. The lowest BCUT2D eigenvalue weighted by Gasteiger charge is -2.10. The summed E-state index contributed by atoms with van der Waals surface area (Å²) in [6.45, 7) is 4.45. The molecule has 0 radical (unpaired) electrons. The minimum Gasteiger partial charge on any atom is -0.490 e. The van der Waals surface area contributed by atoms with Crippen molar-refractivity contribution >= 4 is 12.1 Å². The summed E-state index contributed by atoms with van der Waals surface area (Å²) < 4.78 is 54.8. The zero-order valence-electron chi connectivity index (χ0n) is 22.0. The van der Waals surface area contributed by atoms with E-state index in [1.165, 1.54) is 56.0 Å². The van der Waals surface area contributed by atoms with Crippen LogP contribution >= 0.6 is 0 Å². The highest BCUT2D eigenvalue weighted by molar-refractivity contribution is 5.91. The molecule has 0 amide bonds. The van der Waals surface area contributed by atoms with Crippen molar-refractivity contribution in [3.05, 3.63) is 53.6 Å². The molecule has 0 aliphatic carbocycles. The molecule has 0 unspecified atom stereocenters. The van der Waals surface area contributed by atoms with E-state index in [9.17, 15) is 18.4 Å². The summed E-state index contributed by atoms with van der Waals surface area (Å²) in [7, 11) is 0. The Labute approximate surface area is 222 Å². The van der Waals surface area contributed by atoms with Crippen LogP contribution in [0.3, 0.4) is 0 Å². The van der Waals surface area contributed by atoms with Gasteiger partial charge in [-0.1, -0.05) is 65.2 Å². The molecule has 2 atom stereocenters. The molecule has 2 aromatic carbocycles.